The molecule has 0 bridgehead atoms. The van der Waals surface area contributed by atoms with Gasteiger partial charge in [-0.2, -0.15) is 0 Å². The van der Waals surface area contributed by atoms with Crippen LogP contribution in [0.3, 0.4) is 0 Å². The molecule has 16 heavy (non-hydrogen) atoms. The van der Waals surface area contributed by atoms with Crippen molar-refractivity contribution in [1.29, 1.82) is 0 Å². The van der Waals surface area contributed by atoms with Gasteiger partial charge in [-0.1, -0.05) is 6.07 Å². The zero-order valence-electron chi connectivity index (χ0n) is 9.19. The summed E-state index contributed by atoms with van der Waals surface area (Å²) < 4.78 is 0. The molecule has 1 heterocycles. The zero-order chi connectivity index (χ0) is 11.2. The van der Waals surface area contributed by atoms with Gasteiger partial charge in [-0.15, -0.1) is 0 Å². The molecule has 4 heteroatoms. The summed E-state index contributed by atoms with van der Waals surface area (Å²) >= 11 is 0. The minimum Gasteiger partial charge on any atom is -0.330 e. The van der Waals surface area contributed by atoms with Gasteiger partial charge in [-0.3, -0.25) is 9.97 Å². The normalized spacial score (nSPS) is 10.8. The first kappa shape index (κ1) is 11.0. The topological polar surface area (TPSA) is 63.8 Å². The number of nitrogens with two attached hydrogens (primary N) is 1. The first-order chi connectivity index (χ1) is 7.90. The third kappa shape index (κ3) is 2.74. The minimum atomic E-state index is 0.732. The molecule has 0 radical (unpaired) electrons. The number of benzene rings is 1. The van der Waals surface area contributed by atoms with Crippen LogP contribution in [-0.2, 0) is 6.54 Å². The molecule has 0 aliphatic rings. The molecule has 3 N–H and O–H groups in total. The average Bonchev–Trinajstić information content (AvgIpc) is 2.34. The standard InChI is InChI=1S/C12H16N4/c13-4-1-5-14-9-10-2-3-11-12(8-10)16-7-6-15-11/h2-3,6-8,14H,1,4-5,9,13H2. The van der Waals surface area contributed by atoms with Gasteiger partial charge in [-0.05, 0) is 37.2 Å². The van der Waals surface area contributed by atoms with Crippen molar-refractivity contribution in [3.05, 3.63) is 36.2 Å². The van der Waals surface area contributed by atoms with Crippen molar-refractivity contribution >= 4 is 11.0 Å². The highest BCUT2D eigenvalue weighted by Crippen LogP contribution is 2.10. The van der Waals surface area contributed by atoms with Crippen molar-refractivity contribution in [2.24, 2.45) is 5.73 Å². The molecule has 84 valence electrons. The Hall–Kier alpha value is -1.52. The monoisotopic (exact) mass is 216 g/mol. The summed E-state index contributed by atoms with van der Waals surface area (Å²) in [6, 6.07) is 6.15. The molecular formula is C12H16N4. The number of fused-ring (bicyclic) bond motifs is 1. The molecule has 2 aromatic rings. The van der Waals surface area contributed by atoms with E-state index in [2.05, 4.69) is 27.4 Å². The van der Waals surface area contributed by atoms with Gasteiger partial charge in [0.25, 0.3) is 0 Å². The maximum Gasteiger partial charge on any atom is 0.0890 e. The largest absolute Gasteiger partial charge is 0.330 e. The van der Waals surface area contributed by atoms with Crippen LogP contribution in [0.15, 0.2) is 30.6 Å². The molecule has 2 rings (SSSR count). The van der Waals surface area contributed by atoms with Crippen LogP contribution in [0.25, 0.3) is 11.0 Å². The number of aromatic nitrogens is 2. The molecule has 1 aromatic heterocycles. The smallest absolute Gasteiger partial charge is 0.0890 e. The lowest BCUT2D eigenvalue weighted by atomic mass is 10.2. The summed E-state index contributed by atoms with van der Waals surface area (Å²) in [5, 5.41) is 3.34. The maximum absolute atomic E-state index is 5.42. The second-order valence-electron chi connectivity index (χ2n) is 3.70. The van der Waals surface area contributed by atoms with Gasteiger partial charge in [-0.25, -0.2) is 0 Å². The molecule has 0 spiro atoms. The predicted octanol–water partition coefficient (Wildman–Crippen LogP) is 1.07. The summed E-state index contributed by atoms with van der Waals surface area (Å²) in [4.78, 5) is 8.51. The summed E-state index contributed by atoms with van der Waals surface area (Å²) in [7, 11) is 0. The van der Waals surface area contributed by atoms with Crippen LogP contribution in [0.2, 0.25) is 0 Å². The number of hydrogen-bond donors (Lipinski definition) is 2. The van der Waals surface area contributed by atoms with Crippen molar-refractivity contribution in [3.8, 4) is 0 Å². The second-order valence-corrected chi connectivity index (χ2v) is 3.70. The van der Waals surface area contributed by atoms with E-state index in [-0.39, 0.29) is 0 Å². The van der Waals surface area contributed by atoms with E-state index in [1.807, 2.05) is 6.07 Å². The molecule has 0 aliphatic heterocycles. The van der Waals surface area contributed by atoms with E-state index in [1.165, 1.54) is 5.56 Å². The summed E-state index contributed by atoms with van der Waals surface area (Å²) in [5.41, 5.74) is 8.53. The Morgan fingerprint density at radius 3 is 2.75 bits per heavy atom. The molecule has 0 saturated carbocycles. The number of hydrogen-bond acceptors (Lipinski definition) is 4. The van der Waals surface area contributed by atoms with E-state index in [4.69, 9.17) is 5.73 Å². The Kier molecular flexibility index (Phi) is 3.80. The summed E-state index contributed by atoms with van der Waals surface area (Å²) in [5.74, 6) is 0. The Balaban J connectivity index is 2.02. The van der Waals surface area contributed by atoms with E-state index in [9.17, 15) is 0 Å². The van der Waals surface area contributed by atoms with Crippen molar-refractivity contribution in [2.75, 3.05) is 13.1 Å². The highest BCUT2D eigenvalue weighted by atomic mass is 14.8. The van der Waals surface area contributed by atoms with E-state index in [1.54, 1.807) is 12.4 Å². The van der Waals surface area contributed by atoms with Crippen LogP contribution in [0.5, 0.6) is 0 Å². The van der Waals surface area contributed by atoms with Crippen LogP contribution in [0.1, 0.15) is 12.0 Å². The lowest BCUT2D eigenvalue weighted by molar-refractivity contribution is 0.656. The first-order valence-corrected chi connectivity index (χ1v) is 5.50. The molecule has 0 fully saturated rings. The van der Waals surface area contributed by atoms with Gasteiger partial charge in [0.15, 0.2) is 0 Å². The summed E-state index contributed by atoms with van der Waals surface area (Å²) in [6.07, 6.45) is 4.43. The lowest BCUT2D eigenvalue weighted by Crippen LogP contribution is -2.17. The fourth-order valence-electron chi connectivity index (χ4n) is 1.58. The number of nitrogens with zero attached hydrogens (tertiary/aromatic N) is 2. The second kappa shape index (κ2) is 5.53. The van der Waals surface area contributed by atoms with E-state index < -0.39 is 0 Å². The molecule has 0 amide bonds. The molecule has 1 aromatic carbocycles. The van der Waals surface area contributed by atoms with Crippen molar-refractivity contribution in [1.82, 2.24) is 15.3 Å². The van der Waals surface area contributed by atoms with E-state index in [0.717, 1.165) is 37.1 Å². The molecule has 0 unspecified atom stereocenters. The zero-order valence-corrected chi connectivity index (χ0v) is 9.19. The Morgan fingerprint density at radius 1 is 1.12 bits per heavy atom. The highest BCUT2D eigenvalue weighted by Gasteiger charge is 1.97. The highest BCUT2D eigenvalue weighted by molar-refractivity contribution is 5.74. The first-order valence-electron chi connectivity index (χ1n) is 5.50. The van der Waals surface area contributed by atoms with Gasteiger partial charge in [0, 0.05) is 18.9 Å². The van der Waals surface area contributed by atoms with Crippen molar-refractivity contribution in [2.45, 2.75) is 13.0 Å². The molecule has 4 nitrogen and oxygen atoms in total. The fraction of sp³-hybridized carbons (Fsp3) is 0.333. The third-order valence-corrected chi connectivity index (χ3v) is 2.42. The third-order valence-electron chi connectivity index (χ3n) is 2.42. The van der Waals surface area contributed by atoms with Gasteiger partial charge in [0.05, 0.1) is 11.0 Å². The number of rotatable bonds is 5. The van der Waals surface area contributed by atoms with Crippen LogP contribution in [0.4, 0.5) is 0 Å². The molecule has 0 saturated heterocycles. The lowest BCUT2D eigenvalue weighted by Gasteiger charge is -2.04. The minimum absolute atomic E-state index is 0.732. The maximum atomic E-state index is 5.42. The van der Waals surface area contributed by atoms with Gasteiger partial charge >= 0.3 is 0 Å². The average molecular weight is 216 g/mol. The van der Waals surface area contributed by atoms with Crippen molar-refractivity contribution in [3.63, 3.8) is 0 Å². The Bertz CT molecular complexity index is 455. The Labute approximate surface area is 94.9 Å². The summed E-state index contributed by atoms with van der Waals surface area (Å²) in [6.45, 7) is 2.54. The van der Waals surface area contributed by atoms with Gasteiger partial charge in [0.2, 0.25) is 0 Å². The molecule has 0 atom stereocenters. The number of nitrogens with one attached hydrogen (secondary N) is 1. The van der Waals surface area contributed by atoms with Crippen molar-refractivity contribution < 1.29 is 0 Å². The van der Waals surface area contributed by atoms with E-state index in [0.29, 0.717) is 0 Å². The molecule has 0 aliphatic carbocycles. The van der Waals surface area contributed by atoms with Crippen LogP contribution >= 0.6 is 0 Å². The van der Waals surface area contributed by atoms with Crippen LogP contribution in [0, 0.1) is 0 Å². The van der Waals surface area contributed by atoms with Gasteiger partial charge in [0.1, 0.15) is 0 Å². The quantitative estimate of drug-likeness (QED) is 0.734. The van der Waals surface area contributed by atoms with Crippen LogP contribution in [-0.4, -0.2) is 23.1 Å². The SMILES string of the molecule is NCCCNCc1ccc2nccnc2c1. The van der Waals surface area contributed by atoms with E-state index >= 15 is 0 Å². The molecular weight excluding hydrogens is 200 g/mol. The van der Waals surface area contributed by atoms with Gasteiger partial charge < -0.3 is 11.1 Å². The fourth-order valence-corrected chi connectivity index (χ4v) is 1.58. The van der Waals surface area contributed by atoms with Crippen LogP contribution < -0.4 is 11.1 Å². The predicted molar refractivity (Wildman–Crippen MR) is 64.9 cm³/mol. The Morgan fingerprint density at radius 2 is 1.94 bits per heavy atom.